The lowest BCUT2D eigenvalue weighted by Crippen LogP contribution is -2.26. The smallest absolute Gasteiger partial charge is 0.0726 e. The molecule has 0 heterocycles. The minimum absolute atomic E-state index is 0.480. The van der Waals surface area contributed by atoms with Crippen LogP contribution >= 0.6 is 0 Å². The van der Waals surface area contributed by atoms with Gasteiger partial charge < -0.3 is 9.80 Å². The van der Waals surface area contributed by atoms with Gasteiger partial charge in [0.05, 0.1) is 5.41 Å². The molecule has 0 N–H and O–H groups in total. The summed E-state index contributed by atoms with van der Waals surface area (Å²) in [7, 11) is 0. The molecule has 2 aliphatic carbocycles. The Labute approximate surface area is 321 Å². The van der Waals surface area contributed by atoms with Crippen molar-refractivity contribution < 1.29 is 0 Å². The van der Waals surface area contributed by atoms with Gasteiger partial charge in [0.1, 0.15) is 0 Å². The Morgan fingerprint density at radius 2 is 0.655 bits per heavy atom. The first kappa shape index (κ1) is 31.4. The predicted octanol–water partition coefficient (Wildman–Crippen LogP) is 14.1. The van der Waals surface area contributed by atoms with Gasteiger partial charge in [-0.1, -0.05) is 146 Å². The summed E-state index contributed by atoms with van der Waals surface area (Å²) in [6, 6.07) is 80.0. The molecule has 0 fully saturated rings. The first-order chi connectivity index (χ1) is 27.3. The van der Waals surface area contributed by atoms with Crippen molar-refractivity contribution in [2.45, 2.75) is 5.41 Å². The number of benzene rings is 9. The van der Waals surface area contributed by atoms with Gasteiger partial charge in [0.2, 0.25) is 0 Å². The van der Waals surface area contributed by atoms with Crippen molar-refractivity contribution in [2.75, 3.05) is 9.80 Å². The van der Waals surface area contributed by atoms with Gasteiger partial charge in [-0.05, 0) is 128 Å². The second kappa shape index (κ2) is 12.5. The van der Waals surface area contributed by atoms with Gasteiger partial charge in [0.25, 0.3) is 0 Å². The van der Waals surface area contributed by atoms with Gasteiger partial charge in [0, 0.05) is 34.1 Å². The van der Waals surface area contributed by atoms with Crippen LogP contribution in [0.15, 0.2) is 218 Å². The molecule has 1 spiro atoms. The largest absolute Gasteiger partial charge is 0.310 e. The topological polar surface area (TPSA) is 6.48 Å². The Hall–Kier alpha value is -7.16. The van der Waals surface area contributed by atoms with Gasteiger partial charge in [-0.25, -0.2) is 0 Å². The van der Waals surface area contributed by atoms with Crippen molar-refractivity contribution in [2.24, 2.45) is 0 Å². The van der Waals surface area contributed by atoms with E-state index in [1.165, 1.54) is 55.3 Å². The van der Waals surface area contributed by atoms with E-state index in [1.54, 1.807) is 0 Å². The Morgan fingerprint density at radius 1 is 0.236 bits per heavy atom. The maximum absolute atomic E-state index is 2.46. The average Bonchev–Trinajstić information content (AvgIpc) is 3.72. The fourth-order valence-electron chi connectivity index (χ4n) is 9.34. The van der Waals surface area contributed by atoms with E-state index in [-0.39, 0.29) is 0 Å². The Bertz CT molecular complexity index is 2840. The Kier molecular flexibility index (Phi) is 7.11. The number of nitrogens with zero attached hydrogens (tertiary/aromatic N) is 2. The summed E-state index contributed by atoms with van der Waals surface area (Å²) in [5.41, 5.74) is 16.7. The molecule has 9 aromatic carbocycles. The van der Waals surface area contributed by atoms with Crippen LogP contribution in [0.2, 0.25) is 0 Å². The molecule has 0 radical (unpaired) electrons. The molecule has 258 valence electrons. The van der Waals surface area contributed by atoms with Crippen molar-refractivity contribution in [3.8, 4) is 22.3 Å². The van der Waals surface area contributed by atoms with Crippen LogP contribution in [0.5, 0.6) is 0 Å². The maximum Gasteiger partial charge on any atom is 0.0726 e. The van der Waals surface area contributed by atoms with Crippen LogP contribution in [0.25, 0.3) is 33.0 Å². The third-order valence-electron chi connectivity index (χ3n) is 11.6. The summed E-state index contributed by atoms with van der Waals surface area (Å²) in [4.78, 5) is 4.77. The third-order valence-corrected chi connectivity index (χ3v) is 11.6. The summed E-state index contributed by atoms with van der Waals surface area (Å²) in [5.74, 6) is 0. The van der Waals surface area contributed by atoms with Crippen molar-refractivity contribution in [1.82, 2.24) is 0 Å². The van der Waals surface area contributed by atoms with Gasteiger partial charge in [-0.2, -0.15) is 0 Å². The van der Waals surface area contributed by atoms with Crippen LogP contribution in [-0.4, -0.2) is 0 Å². The zero-order chi connectivity index (χ0) is 36.3. The lowest BCUT2D eigenvalue weighted by Gasteiger charge is -2.32. The minimum atomic E-state index is -0.480. The van der Waals surface area contributed by atoms with Gasteiger partial charge >= 0.3 is 0 Å². The monoisotopic (exact) mass is 700 g/mol. The first-order valence-corrected chi connectivity index (χ1v) is 19.0. The van der Waals surface area contributed by atoms with E-state index in [0.29, 0.717) is 0 Å². The first-order valence-electron chi connectivity index (χ1n) is 19.0. The molecule has 11 rings (SSSR count). The van der Waals surface area contributed by atoms with Crippen LogP contribution in [-0.2, 0) is 5.41 Å². The van der Waals surface area contributed by atoms with E-state index in [0.717, 1.165) is 34.1 Å². The molecule has 0 saturated carbocycles. The average molecular weight is 701 g/mol. The highest BCUT2D eigenvalue weighted by Crippen LogP contribution is 2.64. The number of fused-ring (bicyclic) bond motifs is 11. The summed E-state index contributed by atoms with van der Waals surface area (Å²) in [6.45, 7) is 0. The second-order valence-electron chi connectivity index (χ2n) is 14.5. The fraction of sp³-hybridized carbons (Fsp3) is 0.0189. The normalized spacial score (nSPS) is 14.6. The number of anilines is 6. The maximum atomic E-state index is 2.46. The molecule has 2 nitrogen and oxygen atoms in total. The highest BCUT2D eigenvalue weighted by molar-refractivity contribution is 5.98. The summed E-state index contributed by atoms with van der Waals surface area (Å²) < 4.78 is 0. The van der Waals surface area contributed by atoms with Crippen molar-refractivity contribution in [3.63, 3.8) is 0 Å². The Morgan fingerprint density at radius 3 is 1.29 bits per heavy atom. The summed E-state index contributed by atoms with van der Waals surface area (Å²) in [6.07, 6.45) is 0. The van der Waals surface area contributed by atoms with E-state index in [1.807, 2.05) is 0 Å². The zero-order valence-corrected chi connectivity index (χ0v) is 30.2. The fourth-order valence-corrected chi connectivity index (χ4v) is 9.34. The van der Waals surface area contributed by atoms with E-state index < -0.39 is 5.41 Å². The van der Waals surface area contributed by atoms with Crippen molar-refractivity contribution in [3.05, 3.63) is 241 Å². The number of rotatable bonds is 6. The SMILES string of the molecule is c1ccc(N(c2ccccc2)c2ccc3c(c2)C2(c4ccccc4-c4cc(N(c5ccccc5)c5ccc6ccccc6c5)ccc42)c2ccccc2-3)cc1. The number of para-hydroxylation sites is 3. The number of hydrogen-bond donors (Lipinski definition) is 0. The molecule has 0 aromatic heterocycles. The highest BCUT2D eigenvalue weighted by atomic mass is 15.1. The highest BCUT2D eigenvalue weighted by Gasteiger charge is 2.52. The van der Waals surface area contributed by atoms with Crippen LogP contribution in [0.4, 0.5) is 34.1 Å². The van der Waals surface area contributed by atoms with Crippen LogP contribution in [0.1, 0.15) is 22.3 Å². The molecule has 2 aliphatic rings. The summed E-state index contributed by atoms with van der Waals surface area (Å²) in [5, 5.41) is 2.46. The third kappa shape index (κ3) is 4.75. The van der Waals surface area contributed by atoms with Gasteiger partial charge in [-0.3, -0.25) is 0 Å². The van der Waals surface area contributed by atoms with Gasteiger partial charge in [-0.15, -0.1) is 0 Å². The quantitative estimate of drug-likeness (QED) is 0.170. The molecular formula is C53H36N2. The predicted molar refractivity (Wildman–Crippen MR) is 230 cm³/mol. The van der Waals surface area contributed by atoms with E-state index in [4.69, 9.17) is 0 Å². The molecule has 9 aromatic rings. The lowest BCUT2D eigenvalue weighted by atomic mass is 9.70. The molecule has 1 unspecified atom stereocenters. The van der Waals surface area contributed by atoms with Gasteiger partial charge in [0.15, 0.2) is 0 Å². The van der Waals surface area contributed by atoms with E-state index in [2.05, 4.69) is 228 Å². The van der Waals surface area contributed by atoms with Crippen LogP contribution < -0.4 is 9.80 Å². The summed E-state index contributed by atoms with van der Waals surface area (Å²) >= 11 is 0. The molecular weight excluding hydrogens is 665 g/mol. The lowest BCUT2D eigenvalue weighted by molar-refractivity contribution is 0.793. The number of hydrogen-bond acceptors (Lipinski definition) is 2. The molecule has 0 aliphatic heterocycles. The van der Waals surface area contributed by atoms with E-state index in [9.17, 15) is 0 Å². The molecule has 1 atom stereocenters. The van der Waals surface area contributed by atoms with Crippen LogP contribution in [0, 0.1) is 0 Å². The van der Waals surface area contributed by atoms with Crippen molar-refractivity contribution in [1.29, 1.82) is 0 Å². The molecule has 2 heteroatoms. The Balaban J connectivity index is 1.15. The minimum Gasteiger partial charge on any atom is -0.310 e. The molecule has 0 saturated heterocycles. The molecule has 0 amide bonds. The molecule has 0 bridgehead atoms. The molecule has 55 heavy (non-hydrogen) atoms. The van der Waals surface area contributed by atoms with Crippen molar-refractivity contribution >= 4 is 44.9 Å². The standard InChI is InChI=1S/C53H36N2/c1-4-18-39(19-5-1)54(40-20-6-2-7-21-40)44-30-32-47-45-24-12-14-26-49(45)53(52(47)36-44)50-27-15-13-25-46(50)48-35-43(31-33-51(48)53)55(41-22-8-3-9-23-41)42-29-28-37-16-10-11-17-38(37)34-42/h1-36H. The second-order valence-corrected chi connectivity index (χ2v) is 14.5. The van der Waals surface area contributed by atoms with Crippen LogP contribution in [0.3, 0.4) is 0 Å². The van der Waals surface area contributed by atoms with E-state index >= 15 is 0 Å². The zero-order valence-electron chi connectivity index (χ0n) is 30.2.